The Kier molecular flexibility index (Phi) is 13.0. The first-order chi connectivity index (χ1) is 15.6. The number of allylic oxidation sites excluding steroid dienone is 8. The van der Waals surface area contributed by atoms with Crippen molar-refractivity contribution < 1.29 is 9.47 Å². The van der Waals surface area contributed by atoms with Crippen molar-refractivity contribution in [3.63, 3.8) is 0 Å². The van der Waals surface area contributed by atoms with Gasteiger partial charge in [0.05, 0.1) is 14.2 Å². The molecule has 1 aromatic rings. The highest BCUT2D eigenvalue weighted by atomic mass is 16.5. The Hall–Kier alpha value is -2.22. The highest BCUT2D eigenvalue weighted by Crippen LogP contribution is 2.38. The maximum atomic E-state index is 5.77. The molecular weight excluding hydrogens is 404 g/mol. The quantitative estimate of drug-likeness (QED) is 0.278. The van der Waals surface area contributed by atoms with Crippen LogP contribution in [0.4, 0.5) is 0 Å². The highest BCUT2D eigenvalue weighted by molar-refractivity contribution is 5.58. The standard InChI is InChI=1S/C31H48O2/c1-22(2)14-11-15-23(3)16-12-17-24(4)18-13-19-25(5)20-21-29-28(8)30(32-9)26(6)27(7)31(29)33-10/h14,16,18,20H,11-13,15,17,19,21H2,1-10H3. The molecule has 1 aromatic carbocycles. The fraction of sp³-hybridized carbons (Fsp3) is 0.548. The van der Waals surface area contributed by atoms with Crippen molar-refractivity contribution in [2.75, 3.05) is 14.2 Å². The number of hydrogen-bond donors (Lipinski definition) is 0. The van der Waals surface area contributed by atoms with E-state index in [1.54, 1.807) is 14.2 Å². The molecule has 0 saturated heterocycles. The lowest BCUT2D eigenvalue weighted by molar-refractivity contribution is 0.391. The Morgan fingerprint density at radius 2 is 1.00 bits per heavy atom. The average molecular weight is 453 g/mol. The van der Waals surface area contributed by atoms with E-state index < -0.39 is 0 Å². The first-order valence-electron chi connectivity index (χ1n) is 12.4. The molecule has 0 aromatic heterocycles. The van der Waals surface area contributed by atoms with Crippen molar-refractivity contribution in [3.05, 3.63) is 68.9 Å². The Labute approximate surface area is 204 Å². The Morgan fingerprint density at radius 3 is 1.45 bits per heavy atom. The molecule has 0 fully saturated rings. The van der Waals surface area contributed by atoms with Crippen molar-refractivity contribution in [3.8, 4) is 11.5 Å². The van der Waals surface area contributed by atoms with E-state index in [1.165, 1.54) is 45.4 Å². The third kappa shape index (κ3) is 9.66. The summed E-state index contributed by atoms with van der Waals surface area (Å²) >= 11 is 0. The molecule has 0 atom stereocenters. The van der Waals surface area contributed by atoms with Crippen molar-refractivity contribution in [1.82, 2.24) is 0 Å². The Balaban J connectivity index is 2.63. The summed E-state index contributed by atoms with van der Waals surface area (Å²) in [5.74, 6) is 1.98. The summed E-state index contributed by atoms with van der Waals surface area (Å²) in [5.41, 5.74) is 10.6. The van der Waals surface area contributed by atoms with E-state index >= 15 is 0 Å². The van der Waals surface area contributed by atoms with Gasteiger partial charge in [-0.25, -0.2) is 0 Å². The zero-order chi connectivity index (χ0) is 25.0. The van der Waals surface area contributed by atoms with E-state index in [9.17, 15) is 0 Å². The van der Waals surface area contributed by atoms with Gasteiger partial charge < -0.3 is 9.47 Å². The molecule has 0 aliphatic rings. The van der Waals surface area contributed by atoms with E-state index in [-0.39, 0.29) is 0 Å². The van der Waals surface area contributed by atoms with Crippen LogP contribution in [0.3, 0.4) is 0 Å². The van der Waals surface area contributed by atoms with Crippen LogP contribution in [0.15, 0.2) is 46.6 Å². The van der Waals surface area contributed by atoms with Gasteiger partial charge in [0.1, 0.15) is 11.5 Å². The predicted octanol–water partition coefficient (Wildman–Crippen LogP) is 9.32. The molecule has 0 aliphatic heterocycles. The normalized spacial score (nSPS) is 12.7. The molecule has 33 heavy (non-hydrogen) atoms. The van der Waals surface area contributed by atoms with Crippen LogP contribution in [-0.2, 0) is 6.42 Å². The summed E-state index contributed by atoms with van der Waals surface area (Å²) in [5, 5.41) is 0. The van der Waals surface area contributed by atoms with Gasteiger partial charge in [-0.15, -0.1) is 0 Å². The van der Waals surface area contributed by atoms with Crippen molar-refractivity contribution in [2.45, 2.75) is 100 Å². The topological polar surface area (TPSA) is 18.5 Å². The SMILES string of the molecule is COc1c(C)c(C)c(OC)c(CC=C(C)CCC=C(C)CCC=C(C)CCC=C(C)C)c1C. The lowest BCUT2D eigenvalue weighted by atomic mass is 9.94. The fourth-order valence-corrected chi connectivity index (χ4v) is 4.25. The zero-order valence-electron chi connectivity index (χ0n) is 23.1. The van der Waals surface area contributed by atoms with E-state index in [0.29, 0.717) is 0 Å². The van der Waals surface area contributed by atoms with Crippen LogP contribution in [0.2, 0.25) is 0 Å². The number of hydrogen-bond acceptors (Lipinski definition) is 2. The lowest BCUT2D eigenvalue weighted by Gasteiger charge is -2.20. The van der Waals surface area contributed by atoms with Gasteiger partial charge >= 0.3 is 0 Å². The van der Waals surface area contributed by atoms with Crippen LogP contribution in [-0.4, -0.2) is 14.2 Å². The second-order valence-corrected chi connectivity index (χ2v) is 9.67. The summed E-state index contributed by atoms with van der Waals surface area (Å²) in [6.45, 7) is 17.5. The minimum absolute atomic E-state index is 0.873. The second kappa shape index (κ2) is 14.8. The van der Waals surface area contributed by atoms with Gasteiger partial charge in [0.2, 0.25) is 0 Å². The first kappa shape index (κ1) is 28.8. The molecular formula is C31H48O2. The van der Waals surface area contributed by atoms with Crippen LogP contribution in [0.5, 0.6) is 11.5 Å². The average Bonchev–Trinajstić information content (AvgIpc) is 2.75. The van der Waals surface area contributed by atoms with E-state index in [4.69, 9.17) is 9.47 Å². The van der Waals surface area contributed by atoms with Gasteiger partial charge in [0.15, 0.2) is 0 Å². The molecule has 0 N–H and O–H groups in total. The maximum Gasteiger partial charge on any atom is 0.126 e. The molecule has 0 aliphatic carbocycles. The van der Waals surface area contributed by atoms with Gasteiger partial charge in [-0.1, -0.05) is 46.6 Å². The second-order valence-electron chi connectivity index (χ2n) is 9.67. The number of ether oxygens (including phenoxy) is 2. The lowest BCUT2D eigenvalue weighted by Crippen LogP contribution is -2.03. The molecule has 0 unspecified atom stereocenters. The zero-order valence-corrected chi connectivity index (χ0v) is 23.1. The summed E-state index contributed by atoms with van der Waals surface area (Å²) in [6.07, 6.45) is 17.2. The molecule has 0 spiro atoms. The summed E-state index contributed by atoms with van der Waals surface area (Å²) in [7, 11) is 3.52. The van der Waals surface area contributed by atoms with Crippen molar-refractivity contribution in [1.29, 1.82) is 0 Å². The Bertz CT molecular complexity index is 890. The molecule has 0 amide bonds. The smallest absolute Gasteiger partial charge is 0.126 e. The molecule has 0 bridgehead atoms. The van der Waals surface area contributed by atoms with E-state index in [1.807, 2.05) is 0 Å². The molecule has 184 valence electrons. The third-order valence-corrected chi connectivity index (χ3v) is 6.53. The molecule has 1 rings (SSSR count). The van der Waals surface area contributed by atoms with Gasteiger partial charge in [-0.05, 0) is 117 Å². The molecule has 2 heteroatoms. The number of rotatable bonds is 13. The fourth-order valence-electron chi connectivity index (χ4n) is 4.25. The highest BCUT2D eigenvalue weighted by Gasteiger charge is 2.17. The monoisotopic (exact) mass is 452 g/mol. The van der Waals surface area contributed by atoms with Crippen molar-refractivity contribution >= 4 is 0 Å². The van der Waals surface area contributed by atoms with Crippen molar-refractivity contribution in [2.24, 2.45) is 0 Å². The van der Waals surface area contributed by atoms with E-state index in [2.05, 4.69) is 79.7 Å². The number of methoxy groups -OCH3 is 2. The minimum atomic E-state index is 0.873. The minimum Gasteiger partial charge on any atom is -0.496 e. The number of benzene rings is 1. The third-order valence-electron chi connectivity index (χ3n) is 6.53. The molecule has 0 saturated carbocycles. The Morgan fingerprint density at radius 1 is 0.576 bits per heavy atom. The largest absolute Gasteiger partial charge is 0.496 e. The first-order valence-corrected chi connectivity index (χ1v) is 12.4. The summed E-state index contributed by atoms with van der Waals surface area (Å²) in [6, 6.07) is 0. The van der Waals surface area contributed by atoms with Crippen LogP contribution < -0.4 is 9.47 Å². The molecule has 0 radical (unpaired) electrons. The van der Waals surface area contributed by atoms with E-state index in [0.717, 1.165) is 55.6 Å². The van der Waals surface area contributed by atoms with Gasteiger partial charge in [0, 0.05) is 5.56 Å². The summed E-state index contributed by atoms with van der Waals surface area (Å²) in [4.78, 5) is 0. The molecule has 0 heterocycles. The van der Waals surface area contributed by atoms with Crippen LogP contribution in [0, 0.1) is 20.8 Å². The van der Waals surface area contributed by atoms with Crippen LogP contribution in [0.25, 0.3) is 0 Å². The predicted molar refractivity (Wildman–Crippen MR) is 146 cm³/mol. The van der Waals surface area contributed by atoms with Gasteiger partial charge in [0.25, 0.3) is 0 Å². The molecule has 2 nitrogen and oxygen atoms in total. The van der Waals surface area contributed by atoms with Crippen LogP contribution >= 0.6 is 0 Å². The van der Waals surface area contributed by atoms with Gasteiger partial charge in [-0.2, -0.15) is 0 Å². The van der Waals surface area contributed by atoms with Gasteiger partial charge in [-0.3, -0.25) is 0 Å². The summed E-state index contributed by atoms with van der Waals surface area (Å²) < 4.78 is 11.4. The van der Waals surface area contributed by atoms with Crippen LogP contribution in [0.1, 0.15) is 95.4 Å². The maximum absolute atomic E-state index is 5.77.